The van der Waals surface area contributed by atoms with Gasteiger partial charge >= 0.3 is 0 Å². The first-order chi connectivity index (χ1) is 17.4. The maximum absolute atomic E-state index is 13.7. The number of hydrogen-bond donors (Lipinski definition) is 0. The number of aromatic nitrogens is 2. The molecule has 190 valence electrons. The second-order valence-electron chi connectivity index (χ2n) is 10.7. The van der Waals surface area contributed by atoms with Gasteiger partial charge in [0.2, 0.25) is 0 Å². The van der Waals surface area contributed by atoms with Crippen LogP contribution in [0.1, 0.15) is 63.8 Å². The molecule has 0 aliphatic carbocycles. The van der Waals surface area contributed by atoms with Crippen molar-refractivity contribution in [3.8, 4) is 5.75 Å². The highest BCUT2D eigenvalue weighted by atomic mass is 16.5. The van der Waals surface area contributed by atoms with E-state index in [0.29, 0.717) is 18.2 Å². The van der Waals surface area contributed by atoms with Crippen LogP contribution in [0, 0.1) is 19.8 Å². The van der Waals surface area contributed by atoms with E-state index < -0.39 is 0 Å². The molecule has 2 aliphatic rings. The highest BCUT2D eigenvalue weighted by Crippen LogP contribution is 2.28. The molecule has 1 amide bonds. The molecule has 6 heteroatoms. The van der Waals surface area contributed by atoms with Crippen LogP contribution in [0.5, 0.6) is 5.75 Å². The molecule has 1 fully saturated rings. The number of ether oxygens (including phenoxy) is 1. The number of hydrogen-bond acceptors (Lipinski definition) is 4. The van der Waals surface area contributed by atoms with Crippen LogP contribution in [0.15, 0.2) is 42.5 Å². The maximum atomic E-state index is 13.7. The zero-order chi connectivity index (χ0) is 25.2. The van der Waals surface area contributed by atoms with Crippen LogP contribution >= 0.6 is 0 Å². The average molecular weight is 487 g/mol. The van der Waals surface area contributed by atoms with Gasteiger partial charge in [0.15, 0.2) is 5.69 Å². The Balaban J connectivity index is 1.44. The molecule has 0 saturated carbocycles. The molecule has 36 heavy (non-hydrogen) atoms. The molecule has 5 rings (SSSR count). The molecule has 0 bridgehead atoms. The van der Waals surface area contributed by atoms with Crippen molar-refractivity contribution in [2.24, 2.45) is 5.92 Å². The summed E-state index contributed by atoms with van der Waals surface area (Å²) >= 11 is 0. The smallest absolute Gasteiger partial charge is 0.274 e. The zero-order valence-corrected chi connectivity index (χ0v) is 22.1. The van der Waals surface area contributed by atoms with Gasteiger partial charge in [-0.05, 0) is 67.0 Å². The topological polar surface area (TPSA) is 50.6 Å². The van der Waals surface area contributed by atoms with Gasteiger partial charge in [-0.2, -0.15) is 5.10 Å². The lowest BCUT2D eigenvalue weighted by molar-refractivity contribution is 0.0673. The number of piperidine rings is 1. The third kappa shape index (κ3) is 5.19. The summed E-state index contributed by atoms with van der Waals surface area (Å²) in [4.78, 5) is 18.2. The van der Waals surface area contributed by atoms with Crippen molar-refractivity contribution in [3.63, 3.8) is 0 Å². The fourth-order valence-electron chi connectivity index (χ4n) is 5.61. The Morgan fingerprint density at radius 3 is 2.67 bits per heavy atom. The Morgan fingerprint density at radius 2 is 1.89 bits per heavy atom. The first-order valence-corrected chi connectivity index (χ1v) is 13.2. The van der Waals surface area contributed by atoms with Crippen molar-refractivity contribution in [1.82, 2.24) is 19.6 Å². The van der Waals surface area contributed by atoms with E-state index in [-0.39, 0.29) is 5.91 Å². The van der Waals surface area contributed by atoms with Crippen molar-refractivity contribution in [2.75, 3.05) is 26.7 Å². The number of carbonyl (C=O) groups is 1. The minimum absolute atomic E-state index is 0.0928. The van der Waals surface area contributed by atoms with Gasteiger partial charge in [-0.25, -0.2) is 0 Å². The van der Waals surface area contributed by atoms with E-state index >= 15 is 0 Å². The summed E-state index contributed by atoms with van der Waals surface area (Å²) in [6, 6.07) is 14.8. The second-order valence-corrected chi connectivity index (χ2v) is 10.7. The molecule has 0 spiro atoms. The number of carbonyl (C=O) groups excluding carboxylic acids is 1. The number of likely N-dealkylation sites (tertiary alicyclic amines) is 1. The largest absolute Gasteiger partial charge is 0.497 e. The monoisotopic (exact) mass is 486 g/mol. The first kappa shape index (κ1) is 24.6. The predicted molar refractivity (Wildman–Crippen MR) is 142 cm³/mol. The number of benzene rings is 2. The standard InChI is InChI=1S/C30H38N4O2/c1-21-7-6-13-33(17-21)30(35)29-27-20-32(18-25-11-10-22(2)23(3)15-25)14-12-28(27)34(31-29)19-24-8-5-9-26(16-24)36-4/h5,8-11,15-16,21H,6-7,12-14,17-20H2,1-4H3. The lowest BCUT2D eigenvalue weighted by Gasteiger charge is -2.31. The Morgan fingerprint density at radius 1 is 1.06 bits per heavy atom. The second kappa shape index (κ2) is 10.5. The van der Waals surface area contributed by atoms with Crippen LogP contribution in [0.3, 0.4) is 0 Å². The van der Waals surface area contributed by atoms with E-state index in [4.69, 9.17) is 9.84 Å². The number of fused-ring (bicyclic) bond motifs is 1. The van der Waals surface area contributed by atoms with Gasteiger partial charge in [-0.15, -0.1) is 0 Å². The lowest BCUT2D eigenvalue weighted by atomic mass is 9.98. The fourth-order valence-corrected chi connectivity index (χ4v) is 5.61. The number of aryl methyl sites for hydroxylation is 2. The number of rotatable bonds is 6. The zero-order valence-electron chi connectivity index (χ0n) is 22.1. The minimum Gasteiger partial charge on any atom is -0.497 e. The molecular weight excluding hydrogens is 448 g/mol. The Kier molecular flexibility index (Phi) is 7.15. The summed E-state index contributed by atoms with van der Waals surface area (Å²) in [5.41, 5.74) is 8.05. The normalized spacial score (nSPS) is 18.2. The van der Waals surface area contributed by atoms with E-state index in [1.807, 2.05) is 17.0 Å². The van der Waals surface area contributed by atoms with E-state index in [9.17, 15) is 4.79 Å². The summed E-state index contributed by atoms with van der Waals surface area (Å²) in [6.45, 7) is 11.4. The SMILES string of the molecule is COc1cccc(Cn2nc(C(=O)N3CCCC(C)C3)c3c2CCN(Cc2ccc(C)c(C)c2)C3)c1. The Bertz CT molecular complexity index is 1250. The van der Waals surface area contributed by atoms with Gasteiger partial charge in [0.25, 0.3) is 5.91 Å². The van der Waals surface area contributed by atoms with E-state index in [1.54, 1.807) is 7.11 Å². The van der Waals surface area contributed by atoms with Crippen molar-refractivity contribution in [2.45, 2.75) is 59.7 Å². The van der Waals surface area contributed by atoms with Gasteiger partial charge < -0.3 is 9.64 Å². The number of methoxy groups -OCH3 is 1. The highest BCUT2D eigenvalue weighted by Gasteiger charge is 2.32. The van der Waals surface area contributed by atoms with E-state index in [0.717, 1.165) is 62.4 Å². The van der Waals surface area contributed by atoms with E-state index in [1.165, 1.54) is 28.8 Å². The van der Waals surface area contributed by atoms with Crippen LogP contribution in [0.4, 0.5) is 0 Å². The summed E-state index contributed by atoms with van der Waals surface area (Å²) in [6.07, 6.45) is 3.15. The van der Waals surface area contributed by atoms with Crippen molar-refractivity contribution >= 4 is 5.91 Å². The summed E-state index contributed by atoms with van der Waals surface area (Å²) in [5.74, 6) is 1.47. The molecule has 1 aromatic heterocycles. The van der Waals surface area contributed by atoms with E-state index in [2.05, 4.69) is 60.7 Å². The average Bonchev–Trinajstić information content (AvgIpc) is 3.23. The Labute approximate surface area is 214 Å². The van der Waals surface area contributed by atoms with Crippen LogP contribution in [-0.4, -0.2) is 52.2 Å². The lowest BCUT2D eigenvalue weighted by Crippen LogP contribution is -2.40. The van der Waals surface area contributed by atoms with Crippen molar-refractivity contribution < 1.29 is 9.53 Å². The van der Waals surface area contributed by atoms with Gasteiger partial charge in [-0.3, -0.25) is 14.4 Å². The van der Waals surface area contributed by atoms with Crippen molar-refractivity contribution in [1.29, 1.82) is 0 Å². The molecule has 1 atom stereocenters. The molecule has 2 aliphatic heterocycles. The molecule has 0 N–H and O–H groups in total. The predicted octanol–water partition coefficient (Wildman–Crippen LogP) is 4.99. The van der Waals surface area contributed by atoms with Gasteiger partial charge in [-0.1, -0.05) is 37.3 Å². The van der Waals surface area contributed by atoms with Gasteiger partial charge in [0.05, 0.1) is 13.7 Å². The summed E-state index contributed by atoms with van der Waals surface area (Å²) in [7, 11) is 1.69. The molecule has 3 aromatic rings. The van der Waals surface area contributed by atoms with Gasteiger partial charge in [0.1, 0.15) is 5.75 Å². The molecule has 1 saturated heterocycles. The van der Waals surface area contributed by atoms with Crippen LogP contribution < -0.4 is 4.74 Å². The van der Waals surface area contributed by atoms with Crippen LogP contribution in [0.25, 0.3) is 0 Å². The third-order valence-corrected chi connectivity index (χ3v) is 7.80. The molecular formula is C30H38N4O2. The Hall–Kier alpha value is -3.12. The quantitative estimate of drug-likeness (QED) is 0.493. The minimum atomic E-state index is 0.0928. The summed E-state index contributed by atoms with van der Waals surface area (Å²) < 4.78 is 7.49. The number of amides is 1. The van der Waals surface area contributed by atoms with Crippen LogP contribution in [0.2, 0.25) is 0 Å². The third-order valence-electron chi connectivity index (χ3n) is 7.80. The fraction of sp³-hybridized carbons (Fsp3) is 0.467. The molecule has 6 nitrogen and oxygen atoms in total. The maximum Gasteiger partial charge on any atom is 0.274 e. The molecule has 2 aromatic carbocycles. The van der Waals surface area contributed by atoms with Crippen molar-refractivity contribution in [3.05, 3.63) is 81.7 Å². The summed E-state index contributed by atoms with van der Waals surface area (Å²) in [5, 5.41) is 4.97. The number of nitrogens with zero attached hydrogens (tertiary/aromatic N) is 4. The molecule has 0 radical (unpaired) electrons. The molecule has 1 unspecified atom stereocenters. The van der Waals surface area contributed by atoms with Gasteiger partial charge in [0, 0.05) is 50.4 Å². The highest BCUT2D eigenvalue weighted by molar-refractivity contribution is 5.94. The first-order valence-electron chi connectivity index (χ1n) is 13.2. The van der Waals surface area contributed by atoms with Crippen LogP contribution in [-0.2, 0) is 26.1 Å². The molecule has 3 heterocycles.